The van der Waals surface area contributed by atoms with Crippen molar-refractivity contribution in [2.45, 2.75) is 24.3 Å². The molecule has 0 radical (unpaired) electrons. The number of nitrogens with one attached hydrogen (secondary N) is 1. The van der Waals surface area contributed by atoms with Crippen molar-refractivity contribution in [1.29, 1.82) is 0 Å². The van der Waals surface area contributed by atoms with Gasteiger partial charge in [-0.1, -0.05) is 18.2 Å². The Bertz CT molecular complexity index is 930. The highest BCUT2D eigenvalue weighted by Gasteiger charge is 2.27. The minimum Gasteiger partial charge on any atom is -0.494 e. The number of carbonyl (C=O) groups excluding carboxylic acids is 2. The predicted octanol–water partition coefficient (Wildman–Crippen LogP) is 2.91. The Morgan fingerprint density at radius 2 is 1.73 bits per heavy atom. The van der Waals surface area contributed by atoms with Gasteiger partial charge in [0.15, 0.2) is 12.4 Å². The predicted molar refractivity (Wildman–Crippen MR) is 116 cm³/mol. The Kier molecular flexibility index (Phi) is 9.35. The maximum absolute atomic E-state index is 12.6. The molecule has 1 unspecified atom stereocenters. The summed E-state index contributed by atoms with van der Waals surface area (Å²) in [5.41, 5.74) is 0.372. The molecule has 0 saturated carbocycles. The van der Waals surface area contributed by atoms with E-state index in [4.69, 9.17) is 9.47 Å². The van der Waals surface area contributed by atoms with Crippen molar-refractivity contribution in [3.63, 3.8) is 0 Å². The fraction of sp³-hybridized carbons (Fsp3) is 0.333. The summed E-state index contributed by atoms with van der Waals surface area (Å²) in [4.78, 5) is 24.9. The third-order valence-electron chi connectivity index (χ3n) is 4.08. The fourth-order valence-corrected chi connectivity index (χ4v) is 4.25. The topological polar surface area (TPSA) is 98.8 Å². The van der Waals surface area contributed by atoms with E-state index in [-0.39, 0.29) is 17.1 Å². The smallest absolute Gasteiger partial charge is 0.324 e. The van der Waals surface area contributed by atoms with Crippen LogP contribution in [0.1, 0.15) is 23.7 Å². The van der Waals surface area contributed by atoms with Crippen LogP contribution in [0, 0.1) is 0 Å². The number of ketones is 1. The number of benzene rings is 2. The molecule has 1 N–H and O–H groups in total. The molecule has 0 aromatic heterocycles. The summed E-state index contributed by atoms with van der Waals surface area (Å²) in [6.07, 6.45) is 2.09. The van der Waals surface area contributed by atoms with E-state index in [0.29, 0.717) is 23.7 Å². The molecule has 9 heteroatoms. The monoisotopic (exact) mass is 451 g/mol. The molecule has 0 heterocycles. The molecular weight excluding hydrogens is 426 g/mol. The second-order valence-electron chi connectivity index (χ2n) is 6.26. The van der Waals surface area contributed by atoms with Gasteiger partial charge in [0.05, 0.1) is 11.5 Å². The molecule has 162 valence electrons. The largest absolute Gasteiger partial charge is 0.494 e. The minimum absolute atomic E-state index is 0.0532. The Hall–Kier alpha value is -2.36. The Labute approximate surface area is 181 Å². The maximum atomic E-state index is 12.6. The molecule has 0 saturated heterocycles. The van der Waals surface area contributed by atoms with Crippen molar-refractivity contribution in [3.8, 4) is 5.75 Å². The van der Waals surface area contributed by atoms with Crippen LogP contribution in [0.25, 0.3) is 0 Å². The molecule has 30 heavy (non-hydrogen) atoms. The highest BCUT2D eigenvalue weighted by Crippen LogP contribution is 2.14. The molecule has 0 aliphatic heterocycles. The number of hydrogen-bond donors (Lipinski definition) is 1. The van der Waals surface area contributed by atoms with Gasteiger partial charge in [-0.15, -0.1) is 0 Å². The van der Waals surface area contributed by atoms with Gasteiger partial charge in [-0.05, 0) is 61.8 Å². The van der Waals surface area contributed by atoms with E-state index in [1.165, 1.54) is 23.9 Å². The quantitative estimate of drug-likeness (QED) is 0.391. The average Bonchev–Trinajstić information content (AvgIpc) is 2.76. The van der Waals surface area contributed by atoms with Crippen LogP contribution in [-0.2, 0) is 19.6 Å². The number of Topliss-reactive ketones (excluding diaryl/α,β-unsaturated/α-hetero) is 1. The molecule has 0 amide bonds. The lowest BCUT2D eigenvalue weighted by Crippen LogP contribution is -2.42. The molecule has 1 atom stereocenters. The van der Waals surface area contributed by atoms with Gasteiger partial charge >= 0.3 is 5.97 Å². The van der Waals surface area contributed by atoms with Crippen molar-refractivity contribution < 1.29 is 27.5 Å². The van der Waals surface area contributed by atoms with E-state index in [1.807, 2.05) is 13.2 Å². The molecule has 2 aromatic rings. The van der Waals surface area contributed by atoms with Crippen LogP contribution in [0.15, 0.2) is 59.5 Å². The fourth-order valence-electron chi connectivity index (χ4n) is 2.54. The highest BCUT2D eigenvalue weighted by atomic mass is 32.2. The first-order chi connectivity index (χ1) is 14.4. The zero-order valence-electron chi connectivity index (χ0n) is 16.9. The average molecular weight is 452 g/mol. The summed E-state index contributed by atoms with van der Waals surface area (Å²) >= 11 is 1.47. The lowest BCUT2D eigenvalue weighted by molar-refractivity contribution is -0.144. The van der Waals surface area contributed by atoms with Crippen molar-refractivity contribution in [1.82, 2.24) is 4.72 Å². The second kappa shape index (κ2) is 11.7. The van der Waals surface area contributed by atoms with Crippen LogP contribution in [0.4, 0.5) is 0 Å². The van der Waals surface area contributed by atoms with Gasteiger partial charge in [-0.2, -0.15) is 16.5 Å². The van der Waals surface area contributed by atoms with E-state index >= 15 is 0 Å². The Morgan fingerprint density at radius 1 is 1.07 bits per heavy atom. The molecule has 0 fully saturated rings. The van der Waals surface area contributed by atoms with Crippen LogP contribution in [-0.4, -0.2) is 51.4 Å². The van der Waals surface area contributed by atoms with E-state index in [1.54, 1.807) is 42.5 Å². The number of esters is 1. The standard InChI is InChI=1S/C21H25NO6S2/c1-3-27-17-11-9-16(10-12-17)20(23)15-28-21(24)19(13-14-29-2)22-30(25,26)18-7-5-4-6-8-18/h4-12,19,22H,3,13-15H2,1-2H3. The lowest BCUT2D eigenvalue weighted by atomic mass is 10.1. The summed E-state index contributed by atoms with van der Waals surface area (Å²) in [7, 11) is -3.89. The zero-order valence-corrected chi connectivity index (χ0v) is 18.5. The SMILES string of the molecule is CCOc1ccc(C(=O)COC(=O)C(CCSC)NS(=O)(=O)c2ccccc2)cc1. The van der Waals surface area contributed by atoms with Gasteiger partial charge in [0.2, 0.25) is 10.0 Å². The molecule has 2 rings (SSSR count). The van der Waals surface area contributed by atoms with E-state index < -0.39 is 28.6 Å². The van der Waals surface area contributed by atoms with Gasteiger partial charge in [-0.25, -0.2) is 8.42 Å². The third kappa shape index (κ3) is 7.16. The van der Waals surface area contributed by atoms with E-state index in [9.17, 15) is 18.0 Å². The van der Waals surface area contributed by atoms with Gasteiger partial charge in [0, 0.05) is 5.56 Å². The lowest BCUT2D eigenvalue weighted by Gasteiger charge is -2.17. The third-order valence-corrected chi connectivity index (χ3v) is 6.21. The van der Waals surface area contributed by atoms with Gasteiger partial charge in [-0.3, -0.25) is 9.59 Å². The van der Waals surface area contributed by atoms with E-state index in [2.05, 4.69) is 4.72 Å². The van der Waals surface area contributed by atoms with Crippen LogP contribution in [0.5, 0.6) is 5.75 Å². The minimum atomic E-state index is -3.89. The number of thioether (sulfide) groups is 1. The van der Waals surface area contributed by atoms with Crippen molar-refractivity contribution in [3.05, 3.63) is 60.2 Å². The molecule has 2 aromatic carbocycles. The summed E-state index contributed by atoms with van der Waals surface area (Å²) in [6, 6.07) is 13.2. The van der Waals surface area contributed by atoms with Gasteiger partial charge in [0.25, 0.3) is 0 Å². The van der Waals surface area contributed by atoms with Gasteiger partial charge < -0.3 is 9.47 Å². The molecular formula is C21H25NO6S2. The summed E-state index contributed by atoms with van der Waals surface area (Å²) < 4.78 is 37.9. The first-order valence-electron chi connectivity index (χ1n) is 9.36. The highest BCUT2D eigenvalue weighted by molar-refractivity contribution is 7.98. The van der Waals surface area contributed by atoms with Crippen molar-refractivity contribution in [2.24, 2.45) is 0 Å². The summed E-state index contributed by atoms with van der Waals surface area (Å²) in [5.74, 6) is 0.00598. The number of sulfonamides is 1. The Balaban J connectivity index is 2.01. The van der Waals surface area contributed by atoms with Crippen molar-refractivity contribution >= 4 is 33.5 Å². The molecule has 0 bridgehead atoms. The molecule has 0 spiro atoms. The molecule has 0 aliphatic carbocycles. The number of hydrogen-bond acceptors (Lipinski definition) is 7. The van der Waals surface area contributed by atoms with Crippen LogP contribution in [0.2, 0.25) is 0 Å². The summed E-state index contributed by atoms with van der Waals surface area (Å²) in [5, 5.41) is 0. The normalized spacial score (nSPS) is 12.2. The molecule has 7 nitrogen and oxygen atoms in total. The zero-order chi connectivity index (χ0) is 22.0. The van der Waals surface area contributed by atoms with Crippen molar-refractivity contribution in [2.75, 3.05) is 25.2 Å². The molecule has 0 aliphatic rings. The maximum Gasteiger partial charge on any atom is 0.324 e. The first-order valence-corrected chi connectivity index (χ1v) is 12.2. The van der Waals surface area contributed by atoms with Gasteiger partial charge in [0.1, 0.15) is 11.8 Å². The second-order valence-corrected chi connectivity index (χ2v) is 8.96. The Morgan fingerprint density at radius 3 is 2.33 bits per heavy atom. The van der Waals surface area contributed by atoms with Crippen LogP contribution in [0.3, 0.4) is 0 Å². The first kappa shape index (κ1) is 23.9. The van der Waals surface area contributed by atoms with Crippen LogP contribution < -0.4 is 9.46 Å². The number of rotatable bonds is 12. The summed E-state index contributed by atoms with van der Waals surface area (Å²) in [6.45, 7) is 1.90. The van der Waals surface area contributed by atoms with Crippen LogP contribution >= 0.6 is 11.8 Å². The van der Waals surface area contributed by atoms with E-state index in [0.717, 1.165) is 0 Å². The number of ether oxygens (including phenoxy) is 2. The number of carbonyl (C=O) groups is 2.